The second-order valence-electron chi connectivity index (χ2n) is 5.01. The molecule has 0 unspecified atom stereocenters. The zero-order chi connectivity index (χ0) is 17.2. The number of nitrogens with zero attached hydrogens (tertiary/aromatic N) is 7. The molecule has 0 aromatic carbocycles. The summed E-state index contributed by atoms with van der Waals surface area (Å²) in [6, 6.07) is 8.53. The van der Waals surface area contributed by atoms with Gasteiger partial charge in [0, 0.05) is 18.3 Å². The predicted octanol–water partition coefficient (Wildman–Crippen LogP) is 0.820. The third-order valence-electron chi connectivity index (χ3n) is 3.42. The Morgan fingerprint density at radius 2 is 1.36 bits per heavy atom. The van der Waals surface area contributed by atoms with Crippen LogP contribution in [0.4, 0.5) is 5.69 Å². The number of amides is 2. The van der Waals surface area contributed by atoms with Gasteiger partial charge in [0.1, 0.15) is 11.4 Å². The standard InChI is InChI=1S/C16H9N7O2/c24-13-6-7-14(25)23(13)10-4-5-12(18-9-10)16-21-19-15(20-22-16)11-3-1-2-8-17-11/h1-9H. The Bertz CT molecular complexity index is 952. The van der Waals surface area contributed by atoms with E-state index in [1.807, 2.05) is 6.07 Å². The predicted molar refractivity (Wildman–Crippen MR) is 85.7 cm³/mol. The molecule has 9 nitrogen and oxygen atoms in total. The second-order valence-corrected chi connectivity index (χ2v) is 5.01. The van der Waals surface area contributed by atoms with Crippen molar-refractivity contribution in [1.82, 2.24) is 30.4 Å². The minimum absolute atomic E-state index is 0.225. The van der Waals surface area contributed by atoms with Crippen molar-refractivity contribution in [2.24, 2.45) is 0 Å². The molecule has 4 rings (SSSR count). The second kappa shape index (κ2) is 5.96. The van der Waals surface area contributed by atoms with Gasteiger partial charge in [0.15, 0.2) is 0 Å². The van der Waals surface area contributed by atoms with Gasteiger partial charge in [-0.3, -0.25) is 19.6 Å². The lowest BCUT2D eigenvalue weighted by atomic mass is 10.3. The highest BCUT2D eigenvalue weighted by atomic mass is 16.2. The van der Waals surface area contributed by atoms with Gasteiger partial charge in [0.25, 0.3) is 11.8 Å². The summed E-state index contributed by atoms with van der Waals surface area (Å²) in [6.07, 6.45) is 5.45. The maximum Gasteiger partial charge on any atom is 0.258 e. The number of carbonyl (C=O) groups excluding carboxylic acids is 2. The van der Waals surface area contributed by atoms with E-state index in [4.69, 9.17) is 0 Å². The highest BCUT2D eigenvalue weighted by Crippen LogP contribution is 2.20. The molecule has 9 heteroatoms. The molecule has 2 amide bonds. The number of pyridine rings is 2. The normalized spacial score (nSPS) is 13.5. The largest absolute Gasteiger partial charge is 0.269 e. The maximum atomic E-state index is 11.7. The van der Waals surface area contributed by atoms with Crippen molar-refractivity contribution in [3.8, 4) is 23.0 Å². The first-order valence-corrected chi connectivity index (χ1v) is 7.24. The summed E-state index contributed by atoms with van der Waals surface area (Å²) in [5.41, 5.74) is 1.36. The molecule has 0 atom stereocenters. The summed E-state index contributed by atoms with van der Waals surface area (Å²) in [4.78, 5) is 32.6. The SMILES string of the molecule is O=C1C=CC(=O)N1c1ccc(-c2nnc(-c3ccccn3)nn2)nc1. The molecular weight excluding hydrogens is 322 g/mol. The average Bonchev–Trinajstić information content (AvgIpc) is 3.01. The van der Waals surface area contributed by atoms with Gasteiger partial charge in [0.05, 0.1) is 11.9 Å². The minimum atomic E-state index is -0.404. The lowest BCUT2D eigenvalue weighted by Crippen LogP contribution is -2.29. The quantitative estimate of drug-likeness (QED) is 0.648. The third kappa shape index (κ3) is 2.74. The van der Waals surface area contributed by atoms with Gasteiger partial charge in [0.2, 0.25) is 11.6 Å². The molecule has 0 spiro atoms. The number of carbonyl (C=O) groups is 2. The molecule has 3 aromatic heterocycles. The summed E-state index contributed by atoms with van der Waals surface area (Å²) >= 11 is 0. The molecule has 0 fully saturated rings. The summed E-state index contributed by atoms with van der Waals surface area (Å²) < 4.78 is 0. The van der Waals surface area contributed by atoms with Crippen LogP contribution in [0, 0.1) is 0 Å². The van der Waals surface area contributed by atoms with Crippen LogP contribution in [0.5, 0.6) is 0 Å². The molecule has 0 bridgehead atoms. The molecule has 0 N–H and O–H groups in total. The van der Waals surface area contributed by atoms with E-state index in [9.17, 15) is 9.59 Å². The van der Waals surface area contributed by atoms with Crippen molar-refractivity contribution in [3.05, 3.63) is 54.9 Å². The molecule has 4 heterocycles. The van der Waals surface area contributed by atoms with Gasteiger partial charge < -0.3 is 0 Å². The third-order valence-corrected chi connectivity index (χ3v) is 3.42. The number of hydrogen-bond donors (Lipinski definition) is 0. The van der Waals surface area contributed by atoms with Crippen molar-refractivity contribution in [1.29, 1.82) is 0 Å². The molecule has 0 saturated carbocycles. The molecule has 1 aliphatic heterocycles. The van der Waals surface area contributed by atoms with Crippen LogP contribution in [0.1, 0.15) is 0 Å². The van der Waals surface area contributed by atoms with Gasteiger partial charge in [-0.1, -0.05) is 6.07 Å². The summed E-state index contributed by atoms with van der Waals surface area (Å²) in [6.45, 7) is 0. The molecule has 25 heavy (non-hydrogen) atoms. The highest BCUT2D eigenvalue weighted by Gasteiger charge is 2.25. The molecule has 3 aromatic rings. The van der Waals surface area contributed by atoms with Crippen molar-refractivity contribution in [2.45, 2.75) is 0 Å². The van der Waals surface area contributed by atoms with Gasteiger partial charge in [-0.25, -0.2) is 4.90 Å². The first-order valence-electron chi connectivity index (χ1n) is 7.24. The van der Waals surface area contributed by atoms with Crippen LogP contribution in [0.25, 0.3) is 23.0 Å². The zero-order valence-electron chi connectivity index (χ0n) is 12.6. The Morgan fingerprint density at radius 3 is 1.88 bits per heavy atom. The molecular formula is C16H9N7O2. The summed E-state index contributed by atoms with van der Waals surface area (Å²) in [5.74, 6) is -0.276. The molecule has 0 radical (unpaired) electrons. The number of aromatic nitrogens is 6. The van der Waals surface area contributed by atoms with E-state index in [1.54, 1.807) is 30.5 Å². The highest BCUT2D eigenvalue weighted by molar-refractivity contribution is 6.28. The van der Waals surface area contributed by atoms with Crippen molar-refractivity contribution in [3.63, 3.8) is 0 Å². The average molecular weight is 331 g/mol. The molecule has 0 aliphatic carbocycles. The van der Waals surface area contributed by atoms with E-state index >= 15 is 0 Å². The van der Waals surface area contributed by atoms with E-state index in [1.165, 1.54) is 18.3 Å². The topological polar surface area (TPSA) is 115 Å². The molecule has 1 aliphatic rings. The first kappa shape index (κ1) is 14.7. The van der Waals surface area contributed by atoms with Gasteiger partial charge in [-0.05, 0) is 24.3 Å². The van der Waals surface area contributed by atoms with E-state index < -0.39 is 11.8 Å². The number of hydrogen-bond acceptors (Lipinski definition) is 8. The Hall–Kier alpha value is -3.88. The van der Waals surface area contributed by atoms with Gasteiger partial charge in [-0.2, -0.15) is 0 Å². The van der Waals surface area contributed by atoms with Gasteiger partial charge >= 0.3 is 0 Å². The molecule has 0 saturated heterocycles. The van der Waals surface area contributed by atoms with Gasteiger partial charge in [-0.15, -0.1) is 20.4 Å². The van der Waals surface area contributed by atoms with Crippen LogP contribution < -0.4 is 4.90 Å². The smallest absolute Gasteiger partial charge is 0.258 e. The minimum Gasteiger partial charge on any atom is -0.269 e. The fourth-order valence-corrected chi connectivity index (χ4v) is 2.23. The van der Waals surface area contributed by atoms with Crippen LogP contribution in [0.2, 0.25) is 0 Å². The van der Waals surface area contributed by atoms with E-state index in [2.05, 4.69) is 30.4 Å². The monoisotopic (exact) mass is 331 g/mol. The lowest BCUT2D eigenvalue weighted by molar-refractivity contribution is -0.119. The van der Waals surface area contributed by atoms with Crippen molar-refractivity contribution >= 4 is 17.5 Å². The first-order chi connectivity index (χ1) is 12.2. The Morgan fingerprint density at radius 1 is 0.720 bits per heavy atom. The Balaban J connectivity index is 1.58. The molecule has 120 valence electrons. The van der Waals surface area contributed by atoms with Crippen LogP contribution in [0.15, 0.2) is 54.9 Å². The van der Waals surface area contributed by atoms with Crippen LogP contribution in [-0.2, 0) is 9.59 Å². The van der Waals surface area contributed by atoms with E-state index in [0.717, 1.165) is 4.90 Å². The van der Waals surface area contributed by atoms with Crippen molar-refractivity contribution < 1.29 is 9.59 Å². The van der Waals surface area contributed by atoms with Crippen LogP contribution >= 0.6 is 0 Å². The fraction of sp³-hybridized carbons (Fsp3) is 0. The maximum absolute atomic E-state index is 11.7. The zero-order valence-corrected chi connectivity index (χ0v) is 12.6. The Labute approximate surface area is 141 Å². The van der Waals surface area contributed by atoms with E-state index in [-0.39, 0.29) is 5.82 Å². The number of imide groups is 1. The summed E-state index contributed by atoms with van der Waals surface area (Å²) in [5, 5.41) is 16.0. The van der Waals surface area contributed by atoms with Crippen molar-refractivity contribution in [2.75, 3.05) is 4.90 Å². The fourth-order valence-electron chi connectivity index (χ4n) is 2.23. The van der Waals surface area contributed by atoms with Crippen LogP contribution in [0.3, 0.4) is 0 Å². The Kier molecular flexibility index (Phi) is 3.51. The number of rotatable bonds is 3. The van der Waals surface area contributed by atoms with E-state index in [0.29, 0.717) is 22.9 Å². The number of anilines is 1. The van der Waals surface area contributed by atoms with Crippen LogP contribution in [-0.4, -0.2) is 42.2 Å². The summed E-state index contributed by atoms with van der Waals surface area (Å²) in [7, 11) is 0. The lowest BCUT2D eigenvalue weighted by Gasteiger charge is -2.13.